The van der Waals surface area contributed by atoms with Crippen LogP contribution in [0.2, 0.25) is 0 Å². The predicted molar refractivity (Wildman–Crippen MR) is 53.7 cm³/mol. The molecule has 0 aromatic rings. The fraction of sp³-hybridized carbons (Fsp3) is 0.889. The molecule has 0 rings (SSSR count). The molecule has 0 heterocycles. The van der Waals surface area contributed by atoms with Crippen molar-refractivity contribution < 1.29 is 14.3 Å². The Balaban J connectivity index is 4.59. The standard InChI is InChI=1S/C9H20N2O3/c1-5-6-11-9(2,7(10)12)8(13-3)14-4/h8,11H,5-6H2,1-4H3,(H2,10,12). The summed E-state index contributed by atoms with van der Waals surface area (Å²) in [6, 6.07) is 0. The fourth-order valence-corrected chi connectivity index (χ4v) is 1.24. The van der Waals surface area contributed by atoms with Crippen molar-refractivity contribution >= 4 is 5.91 Å². The van der Waals surface area contributed by atoms with Crippen LogP contribution in [0.5, 0.6) is 0 Å². The van der Waals surface area contributed by atoms with Crippen LogP contribution in [-0.2, 0) is 14.3 Å². The third kappa shape index (κ3) is 2.94. The highest BCUT2D eigenvalue weighted by atomic mass is 16.7. The number of ether oxygens (including phenoxy) is 2. The van der Waals surface area contributed by atoms with Crippen molar-refractivity contribution in [2.75, 3.05) is 20.8 Å². The molecule has 0 aromatic carbocycles. The number of hydrogen-bond acceptors (Lipinski definition) is 4. The van der Waals surface area contributed by atoms with Crippen LogP contribution in [0.4, 0.5) is 0 Å². The first kappa shape index (κ1) is 13.4. The second-order valence-electron chi connectivity index (χ2n) is 3.30. The Morgan fingerprint density at radius 3 is 2.29 bits per heavy atom. The molecular weight excluding hydrogens is 184 g/mol. The maximum absolute atomic E-state index is 11.3. The van der Waals surface area contributed by atoms with Gasteiger partial charge in [-0.25, -0.2) is 0 Å². The van der Waals surface area contributed by atoms with E-state index in [9.17, 15) is 4.79 Å². The lowest BCUT2D eigenvalue weighted by Crippen LogP contribution is -2.62. The molecule has 1 atom stereocenters. The first-order valence-electron chi connectivity index (χ1n) is 4.63. The van der Waals surface area contributed by atoms with E-state index in [-0.39, 0.29) is 0 Å². The van der Waals surface area contributed by atoms with Crippen molar-refractivity contribution in [3.8, 4) is 0 Å². The molecule has 5 nitrogen and oxygen atoms in total. The van der Waals surface area contributed by atoms with Crippen molar-refractivity contribution in [1.82, 2.24) is 5.32 Å². The summed E-state index contributed by atoms with van der Waals surface area (Å²) < 4.78 is 10.1. The van der Waals surface area contributed by atoms with Crippen LogP contribution in [0.1, 0.15) is 20.3 Å². The maximum atomic E-state index is 11.3. The molecule has 0 saturated heterocycles. The largest absolute Gasteiger partial charge is 0.368 e. The van der Waals surface area contributed by atoms with E-state index < -0.39 is 17.7 Å². The van der Waals surface area contributed by atoms with Gasteiger partial charge in [-0.2, -0.15) is 0 Å². The average molecular weight is 204 g/mol. The Kier molecular flexibility index (Phi) is 5.68. The van der Waals surface area contributed by atoms with Crippen LogP contribution >= 0.6 is 0 Å². The predicted octanol–water partition coefficient (Wildman–Crippen LogP) is -0.151. The molecule has 0 aromatic heterocycles. The lowest BCUT2D eigenvalue weighted by Gasteiger charge is -2.33. The summed E-state index contributed by atoms with van der Waals surface area (Å²) in [5.41, 5.74) is 4.32. The average Bonchev–Trinajstić information content (AvgIpc) is 2.16. The van der Waals surface area contributed by atoms with Gasteiger partial charge >= 0.3 is 0 Å². The van der Waals surface area contributed by atoms with Gasteiger partial charge in [-0.1, -0.05) is 6.92 Å². The number of rotatable bonds is 7. The number of carbonyl (C=O) groups excluding carboxylic acids is 1. The summed E-state index contributed by atoms with van der Waals surface area (Å²) in [6.45, 7) is 4.36. The van der Waals surface area contributed by atoms with Gasteiger partial charge in [-0.05, 0) is 19.9 Å². The highest BCUT2D eigenvalue weighted by molar-refractivity contribution is 5.84. The van der Waals surface area contributed by atoms with Gasteiger partial charge in [0, 0.05) is 14.2 Å². The maximum Gasteiger partial charge on any atom is 0.242 e. The zero-order chi connectivity index (χ0) is 11.2. The second kappa shape index (κ2) is 5.95. The van der Waals surface area contributed by atoms with Crippen molar-refractivity contribution in [1.29, 1.82) is 0 Å². The summed E-state index contributed by atoms with van der Waals surface area (Å²) in [4.78, 5) is 11.3. The van der Waals surface area contributed by atoms with Gasteiger partial charge in [0.1, 0.15) is 5.54 Å². The Morgan fingerprint density at radius 1 is 1.50 bits per heavy atom. The summed E-state index contributed by atoms with van der Waals surface area (Å²) in [5, 5.41) is 3.02. The van der Waals surface area contributed by atoms with Gasteiger partial charge in [0.15, 0.2) is 6.29 Å². The van der Waals surface area contributed by atoms with E-state index in [0.717, 1.165) is 6.42 Å². The lowest BCUT2D eigenvalue weighted by atomic mass is 10.0. The van der Waals surface area contributed by atoms with Crippen molar-refractivity contribution in [3.63, 3.8) is 0 Å². The number of amides is 1. The molecule has 1 unspecified atom stereocenters. The summed E-state index contributed by atoms with van der Waals surface area (Å²) >= 11 is 0. The minimum Gasteiger partial charge on any atom is -0.368 e. The van der Waals surface area contributed by atoms with E-state index in [4.69, 9.17) is 15.2 Å². The van der Waals surface area contributed by atoms with E-state index in [1.165, 1.54) is 14.2 Å². The molecule has 0 fully saturated rings. The number of nitrogens with two attached hydrogens (primary N) is 1. The molecular formula is C9H20N2O3. The Labute approximate surface area is 84.9 Å². The molecule has 1 amide bonds. The van der Waals surface area contributed by atoms with Gasteiger partial charge in [-0.15, -0.1) is 0 Å². The van der Waals surface area contributed by atoms with Crippen molar-refractivity contribution in [2.24, 2.45) is 5.73 Å². The van der Waals surface area contributed by atoms with Crippen LogP contribution in [0.3, 0.4) is 0 Å². The molecule has 0 radical (unpaired) electrons. The molecule has 0 aliphatic carbocycles. The zero-order valence-corrected chi connectivity index (χ0v) is 9.29. The van der Waals surface area contributed by atoms with E-state index in [0.29, 0.717) is 6.54 Å². The van der Waals surface area contributed by atoms with Gasteiger partial charge < -0.3 is 15.2 Å². The molecule has 0 aliphatic heterocycles. The van der Waals surface area contributed by atoms with Crippen LogP contribution in [-0.4, -0.2) is 38.5 Å². The normalized spacial score (nSPS) is 15.5. The third-order valence-electron chi connectivity index (χ3n) is 2.15. The van der Waals surface area contributed by atoms with E-state index in [1.54, 1.807) is 6.92 Å². The molecule has 3 N–H and O–H groups in total. The number of carbonyl (C=O) groups is 1. The van der Waals surface area contributed by atoms with Crippen LogP contribution < -0.4 is 11.1 Å². The van der Waals surface area contributed by atoms with E-state index >= 15 is 0 Å². The summed E-state index contributed by atoms with van der Waals surface area (Å²) in [7, 11) is 2.95. The first-order chi connectivity index (χ1) is 6.52. The van der Waals surface area contributed by atoms with Gasteiger partial charge in [0.25, 0.3) is 0 Å². The molecule has 0 spiro atoms. The monoisotopic (exact) mass is 204 g/mol. The summed E-state index contributed by atoms with van der Waals surface area (Å²) in [6.07, 6.45) is 0.231. The Bertz CT molecular complexity index is 183. The lowest BCUT2D eigenvalue weighted by molar-refractivity contribution is -0.165. The minimum atomic E-state index is -0.987. The molecule has 0 saturated carbocycles. The SMILES string of the molecule is CCCNC(C)(C(N)=O)C(OC)OC. The van der Waals surface area contributed by atoms with Gasteiger partial charge in [-0.3, -0.25) is 10.1 Å². The van der Waals surface area contributed by atoms with Crippen LogP contribution in [0.25, 0.3) is 0 Å². The molecule has 0 bridgehead atoms. The minimum absolute atomic E-state index is 0.486. The number of nitrogens with one attached hydrogen (secondary N) is 1. The number of primary amides is 1. The van der Waals surface area contributed by atoms with Crippen LogP contribution in [0.15, 0.2) is 0 Å². The molecule has 5 heteroatoms. The van der Waals surface area contributed by atoms with Crippen molar-refractivity contribution in [3.05, 3.63) is 0 Å². The zero-order valence-electron chi connectivity index (χ0n) is 9.29. The van der Waals surface area contributed by atoms with E-state index in [1.807, 2.05) is 6.92 Å². The topological polar surface area (TPSA) is 73.6 Å². The van der Waals surface area contributed by atoms with Crippen LogP contribution in [0, 0.1) is 0 Å². The Hall–Kier alpha value is -0.650. The third-order valence-corrected chi connectivity index (χ3v) is 2.15. The molecule has 0 aliphatic rings. The smallest absolute Gasteiger partial charge is 0.242 e. The molecule has 84 valence electrons. The van der Waals surface area contributed by atoms with Crippen molar-refractivity contribution in [2.45, 2.75) is 32.1 Å². The quantitative estimate of drug-likeness (QED) is 0.566. The van der Waals surface area contributed by atoms with E-state index in [2.05, 4.69) is 5.32 Å². The Morgan fingerprint density at radius 2 is 2.00 bits per heavy atom. The van der Waals surface area contributed by atoms with Gasteiger partial charge in [0.2, 0.25) is 5.91 Å². The highest BCUT2D eigenvalue weighted by Gasteiger charge is 2.40. The fourth-order valence-electron chi connectivity index (χ4n) is 1.24. The first-order valence-corrected chi connectivity index (χ1v) is 4.63. The number of methoxy groups -OCH3 is 2. The highest BCUT2D eigenvalue weighted by Crippen LogP contribution is 2.13. The van der Waals surface area contributed by atoms with Gasteiger partial charge in [0.05, 0.1) is 0 Å². The molecule has 14 heavy (non-hydrogen) atoms. The number of hydrogen-bond donors (Lipinski definition) is 2. The summed E-state index contributed by atoms with van der Waals surface area (Å²) in [5.74, 6) is -0.486. The second-order valence-corrected chi connectivity index (χ2v) is 3.30.